The van der Waals surface area contributed by atoms with E-state index in [4.69, 9.17) is 11.5 Å². The summed E-state index contributed by atoms with van der Waals surface area (Å²) in [4.78, 5) is 4.82. The summed E-state index contributed by atoms with van der Waals surface area (Å²) < 4.78 is 0. The smallest absolute Gasteiger partial charge is 0.0110 e. The molecular formula is C10H26N4. The van der Waals surface area contributed by atoms with Gasteiger partial charge in [-0.2, -0.15) is 0 Å². The number of rotatable bonds is 4. The first-order valence-corrected chi connectivity index (χ1v) is 5.71. The summed E-state index contributed by atoms with van der Waals surface area (Å²) in [5, 5.41) is 0. The fourth-order valence-corrected chi connectivity index (χ4v) is 1.60. The van der Waals surface area contributed by atoms with Gasteiger partial charge in [0.2, 0.25) is 0 Å². The normalized spacial score (nSPS) is 18.9. The van der Waals surface area contributed by atoms with Crippen LogP contribution in [0.3, 0.4) is 0 Å². The molecule has 0 aromatic rings. The minimum absolute atomic E-state index is 0.775. The zero-order valence-corrected chi connectivity index (χ0v) is 9.71. The van der Waals surface area contributed by atoms with E-state index in [2.05, 4.69) is 9.80 Å². The molecule has 0 spiro atoms. The minimum atomic E-state index is 0.775. The van der Waals surface area contributed by atoms with Crippen LogP contribution >= 0.6 is 0 Å². The Morgan fingerprint density at radius 1 is 0.786 bits per heavy atom. The van der Waals surface area contributed by atoms with Gasteiger partial charge in [0.1, 0.15) is 0 Å². The highest BCUT2D eigenvalue weighted by atomic mass is 15.3. The molecule has 1 fully saturated rings. The fourth-order valence-electron chi connectivity index (χ4n) is 1.60. The number of hydrogen-bond acceptors (Lipinski definition) is 4. The molecule has 0 aliphatic carbocycles. The lowest BCUT2D eigenvalue weighted by molar-refractivity contribution is 0.138. The van der Waals surface area contributed by atoms with E-state index in [-0.39, 0.29) is 0 Å². The molecule has 0 atom stereocenters. The number of hydrogen-bond donors (Lipinski definition) is 2. The Kier molecular flexibility index (Phi) is 9.29. The predicted molar refractivity (Wildman–Crippen MR) is 62.3 cm³/mol. The molecule has 0 unspecified atom stereocenters. The molecule has 1 heterocycles. The Morgan fingerprint density at radius 3 is 1.29 bits per heavy atom. The number of nitrogens with zero attached hydrogens (tertiary/aromatic N) is 2. The van der Waals surface area contributed by atoms with Gasteiger partial charge in [-0.05, 0) is 0 Å². The van der Waals surface area contributed by atoms with Gasteiger partial charge in [0.25, 0.3) is 0 Å². The van der Waals surface area contributed by atoms with Crippen LogP contribution in [0.25, 0.3) is 0 Å². The van der Waals surface area contributed by atoms with Crippen molar-refractivity contribution in [2.75, 3.05) is 52.4 Å². The molecule has 1 aliphatic heterocycles. The first kappa shape index (κ1) is 13.8. The molecule has 0 aromatic heterocycles. The van der Waals surface area contributed by atoms with Gasteiger partial charge in [0, 0.05) is 52.4 Å². The van der Waals surface area contributed by atoms with Gasteiger partial charge in [0.05, 0.1) is 0 Å². The quantitative estimate of drug-likeness (QED) is 0.648. The van der Waals surface area contributed by atoms with Gasteiger partial charge in [-0.25, -0.2) is 0 Å². The van der Waals surface area contributed by atoms with Crippen LogP contribution in [0.4, 0.5) is 0 Å². The summed E-state index contributed by atoms with van der Waals surface area (Å²) in [5.74, 6) is 0. The maximum Gasteiger partial charge on any atom is 0.0110 e. The van der Waals surface area contributed by atoms with E-state index in [1.165, 1.54) is 0 Å². The van der Waals surface area contributed by atoms with E-state index >= 15 is 0 Å². The summed E-state index contributed by atoms with van der Waals surface area (Å²) in [7, 11) is 0. The zero-order chi connectivity index (χ0) is 10.8. The maximum absolute atomic E-state index is 5.48. The van der Waals surface area contributed by atoms with Crippen LogP contribution in [0, 0.1) is 0 Å². The van der Waals surface area contributed by atoms with Crippen LogP contribution < -0.4 is 11.5 Å². The molecule has 0 amide bonds. The van der Waals surface area contributed by atoms with Crippen molar-refractivity contribution in [1.82, 2.24) is 9.80 Å². The van der Waals surface area contributed by atoms with E-state index in [1.54, 1.807) is 0 Å². The van der Waals surface area contributed by atoms with E-state index in [0.717, 1.165) is 52.4 Å². The third-order valence-corrected chi connectivity index (χ3v) is 2.36. The first-order valence-electron chi connectivity index (χ1n) is 5.71. The van der Waals surface area contributed by atoms with Crippen molar-refractivity contribution in [3.05, 3.63) is 0 Å². The largest absolute Gasteiger partial charge is 0.329 e. The van der Waals surface area contributed by atoms with Crippen LogP contribution in [-0.2, 0) is 0 Å². The lowest BCUT2D eigenvalue weighted by Gasteiger charge is -2.34. The average Bonchev–Trinajstić information content (AvgIpc) is 2.25. The van der Waals surface area contributed by atoms with Gasteiger partial charge in [0.15, 0.2) is 0 Å². The van der Waals surface area contributed by atoms with Crippen molar-refractivity contribution >= 4 is 0 Å². The molecule has 1 rings (SSSR count). The summed E-state index contributed by atoms with van der Waals surface area (Å²) in [6.45, 7) is 12.2. The molecule has 0 aromatic carbocycles. The van der Waals surface area contributed by atoms with E-state index < -0.39 is 0 Å². The Morgan fingerprint density at radius 2 is 1.07 bits per heavy atom. The molecular weight excluding hydrogens is 176 g/mol. The third kappa shape index (κ3) is 5.54. The van der Waals surface area contributed by atoms with Crippen molar-refractivity contribution in [3.63, 3.8) is 0 Å². The predicted octanol–water partition coefficient (Wildman–Crippen LogP) is -0.452. The molecule has 0 radical (unpaired) electrons. The van der Waals surface area contributed by atoms with Crippen molar-refractivity contribution < 1.29 is 0 Å². The molecule has 1 saturated heterocycles. The Balaban J connectivity index is 0.000000791. The summed E-state index contributed by atoms with van der Waals surface area (Å²) in [6, 6.07) is 0. The van der Waals surface area contributed by atoms with Crippen molar-refractivity contribution in [2.45, 2.75) is 13.8 Å². The van der Waals surface area contributed by atoms with Gasteiger partial charge in [-0.15, -0.1) is 0 Å². The van der Waals surface area contributed by atoms with E-state index in [9.17, 15) is 0 Å². The van der Waals surface area contributed by atoms with Crippen LogP contribution in [-0.4, -0.2) is 62.2 Å². The van der Waals surface area contributed by atoms with Crippen LogP contribution in [0.1, 0.15) is 13.8 Å². The molecule has 0 saturated carbocycles. The van der Waals surface area contributed by atoms with E-state index in [0.29, 0.717) is 0 Å². The van der Waals surface area contributed by atoms with Crippen molar-refractivity contribution in [3.8, 4) is 0 Å². The minimum Gasteiger partial charge on any atom is -0.329 e. The van der Waals surface area contributed by atoms with E-state index in [1.807, 2.05) is 13.8 Å². The maximum atomic E-state index is 5.48. The summed E-state index contributed by atoms with van der Waals surface area (Å²) in [5.41, 5.74) is 11.0. The topological polar surface area (TPSA) is 58.5 Å². The van der Waals surface area contributed by atoms with Gasteiger partial charge < -0.3 is 11.5 Å². The van der Waals surface area contributed by atoms with Gasteiger partial charge in [-0.3, -0.25) is 9.80 Å². The van der Waals surface area contributed by atoms with Crippen LogP contribution in [0.2, 0.25) is 0 Å². The highest BCUT2D eigenvalue weighted by Gasteiger charge is 2.14. The Labute approximate surface area is 88.2 Å². The first-order chi connectivity index (χ1) is 6.86. The monoisotopic (exact) mass is 202 g/mol. The molecule has 4 N–H and O–H groups in total. The Hall–Kier alpha value is -0.160. The second-order valence-corrected chi connectivity index (χ2v) is 3.26. The second-order valence-electron chi connectivity index (χ2n) is 3.26. The molecule has 4 nitrogen and oxygen atoms in total. The SMILES string of the molecule is CC.NCCN1CCN(CCN)CC1. The Bertz CT molecular complexity index is 96.7. The third-order valence-electron chi connectivity index (χ3n) is 2.36. The number of nitrogens with two attached hydrogens (primary N) is 2. The highest BCUT2D eigenvalue weighted by Crippen LogP contribution is 1.99. The summed E-state index contributed by atoms with van der Waals surface area (Å²) in [6.07, 6.45) is 0. The van der Waals surface area contributed by atoms with Gasteiger partial charge in [-0.1, -0.05) is 13.8 Å². The standard InChI is InChI=1S/C8H20N4.C2H6/c9-1-3-11-5-7-12(4-2-10)8-6-11;1-2/h1-10H2;1-2H3. The van der Waals surface area contributed by atoms with Crippen LogP contribution in [0.5, 0.6) is 0 Å². The lowest BCUT2D eigenvalue weighted by Crippen LogP contribution is -2.48. The molecule has 14 heavy (non-hydrogen) atoms. The van der Waals surface area contributed by atoms with Crippen molar-refractivity contribution in [1.29, 1.82) is 0 Å². The highest BCUT2D eigenvalue weighted by molar-refractivity contribution is 4.71. The lowest BCUT2D eigenvalue weighted by atomic mass is 10.3. The fraction of sp³-hybridized carbons (Fsp3) is 1.00. The second kappa shape index (κ2) is 9.40. The molecule has 1 aliphatic rings. The number of piperazine rings is 1. The molecule has 4 heteroatoms. The van der Waals surface area contributed by atoms with Crippen LogP contribution in [0.15, 0.2) is 0 Å². The average molecular weight is 202 g/mol. The summed E-state index contributed by atoms with van der Waals surface area (Å²) >= 11 is 0. The van der Waals surface area contributed by atoms with Gasteiger partial charge >= 0.3 is 0 Å². The molecule has 86 valence electrons. The zero-order valence-electron chi connectivity index (χ0n) is 9.71. The molecule has 0 bridgehead atoms. The van der Waals surface area contributed by atoms with Crippen molar-refractivity contribution in [2.24, 2.45) is 11.5 Å².